The monoisotopic (exact) mass is 165 g/mol. The third-order valence-corrected chi connectivity index (χ3v) is 1.52. The van der Waals surface area contributed by atoms with Crippen molar-refractivity contribution in [2.24, 2.45) is 0 Å². The summed E-state index contributed by atoms with van der Waals surface area (Å²) in [7, 11) is 1.69. The van der Waals surface area contributed by atoms with Crippen LogP contribution in [0.3, 0.4) is 0 Å². The van der Waals surface area contributed by atoms with E-state index in [0.29, 0.717) is 6.54 Å². The molecule has 0 radical (unpaired) electrons. The van der Waals surface area contributed by atoms with Crippen LogP contribution in [0, 0.1) is 0 Å². The van der Waals surface area contributed by atoms with Crippen LogP contribution in [0.4, 0.5) is 0 Å². The highest BCUT2D eigenvalue weighted by molar-refractivity contribution is 5.46. The molecule has 1 rings (SSSR count). The molecule has 0 spiro atoms. The molecule has 1 N–H and O–H groups in total. The van der Waals surface area contributed by atoms with Crippen LogP contribution >= 0.6 is 0 Å². The van der Waals surface area contributed by atoms with E-state index in [1.54, 1.807) is 25.2 Å². The second kappa shape index (κ2) is 3.76. The fourth-order valence-corrected chi connectivity index (χ4v) is 0.980. The molecule has 3 nitrogen and oxygen atoms in total. The highest BCUT2D eigenvalue weighted by Crippen LogP contribution is 2.11. The van der Waals surface area contributed by atoms with Gasteiger partial charge in [-0.3, -0.25) is 4.79 Å². The first-order chi connectivity index (χ1) is 5.72. The Bertz CT molecular complexity index is 273. The topological polar surface area (TPSA) is 40.5 Å². The van der Waals surface area contributed by atoms with Crippen LogP contribution in [0.1, 0.15) is 5.56 Å². The number of phenolic OH excluding ortho intramolecular Hbond substituents is 1. The Morgan fingerprint density at radius 1 is 1.58 bits per heavy atom. The van der Waals surface area contributed by atoms with E-state index in [1.165, 1.54) is 4.90 Å². The minimum atomic E-state index is 0.229. The van der Waals surface area contributed by atoms with Crippen LogP contribution in [0.2, 0.25) is 0 Å². The van der Waals surface area contributed by atoms with Gasteiger partial charge in [-0.05, 0) is 17.7 Å². The first-order valence-electron chi connectivity index (χ1n) is 3.66. The molecule has 64 valence electrons. The first kappa shape index (κ1) is 8.59. The summed E-state index contributed by atoms with van der Waals surface area (Å²) in [4.78, 5) is 11.8. The molecule has 1 aromatic carbocycles. The molecule has 12 heavy (non-hydrogen) atoms. The van der Waals surface area contributed by atoms with Gasteiger partial charge in [-0.25, -0.2) is 0 Å². The number of hydrogen-bond acceptors (Lipinski definition) is 2. The van der Waals surface area contributed by atoms with Crippen molar-refractivity contribution in [3.8, 4) is 5.75 Å². The summed E-state index contributed by atoms with van der Waals surface area (Å²) in [6.45, 7) is 0.526. The summed E-state index contributed by atoms with van der Waals surface area (Å²) < 4.78 is 0. The van der Waals surface area contributed by atoms with Gasteiger partial charge in [0.05, 0.1) is 0 Å². The van der Waals surface area contributed by atoms with Crippen LogP contribution in [0.25, 0.3) is 0 Å². The molecule has 0 unspecified atom stereocenters. The van der Waals surface area contributed by atoms with Gasteiger partial charge in [0, 0.05) is 13.6 Å². The molecule has 0 atom stereocenters. The number of aromatic hydroxyl groups is 1. The maximum Gasteiger partial charge on any atom is 0.209 e. The van der Waals surface area contributed by atoms with Crippen molar-refractivity contribution in [1.29, 1.82) is 0 Å². The molecule has 0 fully saturated rings. The minimum absolute atomic E-state index is 0.229. The van der Waals surface area contributed by atoms with Crippen LogP contribution in [-0.4, -0.2) is 23.5 Å². The molecule has 1 aromatic rings. The Morgan fingerprint density at radius 3 is 2.92 bits per heavy atom. The van der Waals surface area contributed by atoms with Gasteiger partial charge in [0.15, 0.2) is 0 Å². The zero-order valence-corrected chi connectivity index (χ0v) is 6.90. The average Bonchev–Trinajstić information content (AvgIpc) is 2.04. The fraction of sp³-hybridized carbons (Fsp3) is 0.222. The van der Waals surface area contributed by atoms with Gasteiger partial charge in [-0.2, -0.15) is 0 Å². The Balaban J connectivity index is 2.69. The van der Waals surface area contributed by atoms with Crippen LogP contribution in [0.5, 0.6) is 5.75 Å². The summed E-state index contributed by atoms with van der Waals surface area (Å²) in [6, 6.07) is 6.85. The van der Waals surface area contributed by atoms with Gasteiger partial charge in [-0.15, -0.1) is 0 Å². The number of carbonyl (C=O) groups excluding carboxylic acids is 1. The van der Waals surface area contributed by atoms with Crippen LogP contribution in [0.15, 0.2) is 24.3 Å². The smallest absolute Gasteiger partial charge is 0.209 e. The molecular formula is C9H11NO2. The maximum atomic E-state index is 10.3. The van der Waals surface area contributed by atoms with Crippen molar-refractivity contribution in [3.63, 3.8) is 0 Å². The summed E-state index contributed by atoms with van der Waals surface area (Å²) in [6.07, 6.45) is 0.754. The quantitative estimate of drug-likeness (QED) is 0.678. The number of phenols is 1. The summed E-state index contributed by atoms with van der Waals surface area (Å²) in [5.41, 5.74) is 0.921. The zero-order chi connectivity index (χ0) is 8.97. The molecule has 0 saturated heterocycles. The molecule has 0 heterocycles. The normalized spacial score (nSPS) is 9.42. The van der Waals surface area contributed by atoms with Gasteiger partial charge in [0.1, 0.15) is 5.75 Å². The predicted molar refractivity (Wildman–Crippen MR) is 45.6 cm³/mol. The highest BCUT2D eigenvalue weighted by atomic mass is 16.3. The molecule has 0 aliphatic rings. The van der Waals surface area contributed by atoms with E-state index >= 15 is 0 Å². The number of hydrogen-bond donors (Lipinski definition) is 1. The van der Waals surface area contributed by atoms with Crippen molar-refractivity contribution in [2.75, 3.05) is 7.05 Å². The van der Waals surface area contributed by atoms with E-state index in [1.807, 2.05) is 6.07 Å². The minimum Gasteiger partial charge on any atom is -0.508 e. The van der Waals surface area contributed by atoms with Crippen molar-refractivity contribution in [3.05, 3.63) is 29.8 Å². The molecular weight excluding hydrogens is 154 g/mol. The van der Waals surface area contributed by atoms with E-state index in [2.05, 4.69) is 0 Å². The van der Waals surface area contributed by atoms with Gasteiger partial charge in [-0.1, -0.05) is 12.1 Å². The molecule has 3 heteroatoms. The van der Waals surface area contributed by atoms with Crippen molar-refractivity contribution in [1.82, 2.24) is 4.90 Å². The SMILES string of the molecule is CN(C=O)Cc1cccc(O)c1. The second-order valence-corrected chi connectivity index (χ2v) is 2.69. The third kappa shape index (κ3) is 2.27. The number of benzene rings is 1. The van der Waals surface area contributed by atoms with Gasteiger partial charge in [0.25, 0.3) is 0 Å². The number of nitrogens with zero attached hydrogens (tertiary/aromatic N) is 1. The summed E-state index contributed by atoms with van der Waals surface area (Å²) in [5.74, 6) is 0.229. The van der Waals surface area contributed by atoms with Crippen molar-refractivity contribution in [2.45, 2.75) is 6.54 Å². The van der Waals surface area contributed by atoms with Crippen LogP contribution < -0.4 is 0 Å². The molecule has 0 aromatic heterocycles. The largest absolute Gasteiger partial charge is 0.508 e. The highest BCUT2D eigenvalue weighted by Gasteiger charge is 1.96. The lowest BCUT2D eigenvalue weighted by Crippen LogP contribution is -2.14. The third-order valence-electron chi connectivity index (χ3n) is 1.52. The van der Waals surface area contributed by atoms with Gasteiger partial charge >= 0.3 is 0 Å². The zero-order valence-electron chi connectivity index (χ0n) is 6.90. The molecule has 0 bridgehead atoms. The Labute approximate surface area is 71.2 Å². The summed E-state index contributed by atoms with van der Waals surface area (Å²) in [5, 5.41) is 9.09. The lowest BCUT2D eigenvalue weighted by Gasteiger charge is -2.09. The maximum absolute atomic E-state index is 10.3. The Kier molecular flexibility index (Phi) is 2.69. The van der Waals surface area contributed by atoms with E-state index in [-0.39, 0.29) is 5.75 Å². The lowest BCUT2D eigenvalue weighted by molar-refractivity contribution is -0.117. The molecule has 0 aliphatic heterocycles. The lowest BCUT2D eigenvalue weighted by atomic mass is 10.2. The Morgan fingerprint density at radius 2 is 2.33 bits per heavy atom. The standard InChI is InChI=1S/C9H11NO2/c1-10(7-11)6-8-3-2-4-9(12)5-8/h2-5,7,12H,6H2,1H3. The molecule has 0 saturated carbocycles. The molecule has 0 aliphatic carbocycles. The van der Waals surface area contributed by atoms with E-state index < -0.39 is 0 Å². The van der Waals surface area contributed by atoms with Gasteiger partial charge in [0.2, 0.25) is 6.41 Å². The Hall–Kier alpha value is -1.51. The first-order valence-corrected chi connectivity index (χ1v) is 3.66. The van der Waals surface area contributed by atoms with Crippen molar-refractivity contribution < 1.29 is 9.90 Å². The van der Waals surface area contributed by atoms with E-state index in [0.717, 1.165) is 12.0 Å². The van der Waals surface area contributed by atoms with Crippen LogP contribution in [-0.2, 0) is 11.3 Å². The molecule has 1 amide bonds. The second-order valence-electron chi connectivity index (χ2n) is 2.69. The number of carbonyl (C=O) groups is 1. The summed E-state index contributed by atoms with van der Waals surface area (Å²) >= 11 is 0. The fourth-order valence-electron chi connectivity index (χ4n) is 0.980. The van der Waals surface area contributed by atoms with E-state index in [9.17, 15) is 4.79 Å². The number of amides is 1. The number of rotatable bonds is 3. The van der Waals surface area contributed by atoms with E-state index in [4.69, 9.17) is 5.11 Å². The van der Waals surface area contributed by atoms with Crippen molar-refractivity contribution >= 4 is 6.41 Å². The predicted octanol–water partition coefficient (Wildman–Crippen LogP) is 0.980. The average molecular weight is 165 g/mol. The van der Waals surface area contributed by atoms with Gasteiger partial charge < -0.3 is 10.0 Å².